The van der Waals surface area contributed by atoms with Gasteiger partial charge in [-0.05, 0) is 43.2 Å². The zero-order chi connectivity index (χ0) is 16.1. The van der Waals surface area contributed by atoms with Crippen molar-refractivity contribution in [3.05, 3.63) is 29.3 Å². The highest BCUT2D eigenvalue weighted by Crippen LogP contribution is 2.37. The van der Waals surface area contributed by atoms with E-state index in [4.69, 9.17) is 5.73 Å². The maximum atomic E-state index is 6.08. The Kier molecular flexibility index (Phi) is 6.24. The van der Waals surface area contributed by atoms with E-state index in [9.17, 15) is 0 Å². The van der Waals surface area contributed by atoms with Crippen LogP contribution in [-0.4, -0.2) is 56.6 Å². The van der Waals surface area contributed by atoms with Crippen LogP contribution in [0.25, 0.3) is 0 Å². The number of rotatable bonds is 8. The lowest BCUT2D eigenvalue weighted by Gasteiger charge is -2.25. The molecule has 1 heterocycles. The van der Waals surface area contributed by atoms with E-state index in [-0.39, 0.29) is 0 Å². The van der Waals surface area contributed by atoms with Gasteiger partial charge in [0.2, 0.25) is 0 Å². The SMILES string of the molecule is CCN(CC)CCCN1Cc2c(cccc2N(C)C)C1CN. The zero-order valence-electron chi connectivity index (χ0n) is 14.7. The van der Waals surface area contributed by atoms with Crippen LogP contribution in [0.3, 0.4) is 0 Å². The molecule has 0 aliphatic carbocycles. The van der Waals surface area contributed by atoms with Crippen LogP contribution in [0.5, 0.6) is 0 Å². The number of anilines is 1. The molecule has 4 heteroatoms. The number of benzene rings is 1. The molecule has 0 amide bonds. The van der Waals surface area contributed by atoms with Gasteiger partial charge in [0.25, 0.3) is 0 Å². The molecule has 2 rings (SSSR count). The van der Waals surface area contributed by atoms with Crippen molar-refractivity contribution in [2.24, 2.45) is 5.73 Å². The summed E-state index contributed by atoms with van der Waals surface area (Å²) >= 11 is 0. The quantitative estimate of drug-likeness (QED) is 0.799. The van der Waals surface area contributed by atoms with Gasteiger partial charge < -0.3 is 15.5 Å². The molecule has 22 heavy (non-hydrogen) atoms. The molecule has 2 N–H and O–H groups in total. The Labute approximate surface area is 135 Å². The van der Waals surface area contributed by atoms with E-state index in [2.05, 4.69) is 60.8 Å². The van der Waals surface area contributed by atoms with Gasteiger partial charge in [0, 0.05) is 45.5 Å². The van der Waals surface area contributed by atoms with Crippen molar-refractivity contribution < 1.29 is 0 Å². The van der Waals surface area contributed by atoms with E-state index in [1.165, 1.54) is 29.8 Å². The van der Waals surface area contributed by atoms with Gasteiger partial charge >= 0.3 is 0 Å². The van der Waals surface area contributed by atoms with Crippen molar-refractivity contribution >= 4 is 5.69 Å². The Hall–Kier alpha value is -1.10. The van der Waals surface area contributed by atoms with Crippen LogP contribution < -0.4 is 10.6 Å². The first kappa shape index (κ1) is 17.3. The first-order valence-electron chi connectivity index (χ1n) is 8.57. The fourth-order valence-electron chi connectivity index (χ4n) is 3.55. The average molecular weight is 304 g/mol. The normalized spacial score (nSPS) is 18.0. The third-order valence-corrected chi connectivity index (χ3v) is 4.87. The van der Waals surface area contributed by atoms with Crippen LogP contribution in [0.15, 0.2) is 18.2 Å². The van der Waals surface area contributed by atoms with Crippen molar-refractivity contribution in [1.29, 1.82) is 0 Å². The van der Waals surface area contributed by atoms with Gasteiger partial charge in [-0.1, -0.05) is 26.0 Å². The molecule has 0 fully saturated rings. The molecule has 0 bridgehead atoms. The van der Waals surface area contributed by atoms with Crippen LogP contribution in [0.4, 0.5) is 5.69 Å². The largest absolute Gasteiger partial charge is 0.377 e. The molecule has 4 nitrogen and oxygen atoms in total. The van der Waals surface area contributed by atoms with Crippen LogP contribution >= 0.6 is 0 Å². The molecule has 1 aliphatic heterocycles. The predicted molar refractivity (Wildman–Crippen MR) is 95.4 cm³/mol. The van der Waals surface area contributed by atoms with Crippen LogP contribution in [0.1, 0.15) is 37.4 Å². The number of nitrogens with two attached hydrogens (primary N) is 1. The van der Waals surface area contributed by atoms with Crippen molar-refractivity contribution in [2.75, 3.05) is 51.7 Å². The first-order valence-corrected chi connectivity index (χ1v) is 8.57. The summed E-state index contributed by atoms with van der Waals surface area (Å²) in [7, 11) is 4.24. The topological polar surface area (TPSA) is 35.7 Å². The second-order valence-corrected chi connectivity index (χ2v) is 6.34. The minimum atomic E-state index is 0.381. The zero-order valence-corrected chi connectivity index (χ0v) is 14.7. The average Bonchev–Trinajstić information content (AvgIpc) is 2.88. The summed E-state index contributed by atoms with van der Waals surface area (Å²) in [6, 6.07) is 7.01. The Morgan fingerprint density at radius 3 is 2.55 bits per heavy atom. The standard InChI is InChI=1S/C18H32N4/c1-5-21(6-2)11-8-12-22-14-16-15(18(22)13-19)9-7-10-17(16)20(3)4/h7,9-10,18H,5-6,8,11-14,19H2,1-4H3. The third-order valence-electron chi connectivity index (χ3n) is 4.87. The van der Waals surface area contributed by atoms with Gasteiger partial charge in [0.05, 0.1) is 0 Å². The molecule has 0 spiro atoms. The monoisotopic (exact) mass is 304 g/mol. The number of fused-ring (bicyclic) bond motifs is 1. The van der Waals surface area contributed by atoms with E-state index in [1.54, 1.807) is 0 Å². The fraction of sp³-hybridized carbons (Fsp3) is 0.667. The van der Waals surface area contributed by atoms with Crippen LogP contribution in [0, 0.1) is 0 Å². The Morgan fingerprint density at radius 2 is 1.95 bits per heavy atom. The molecule has 1 atom stereocenters. The lowest BCUT2D eigenvalue weighted by Crippen LogP contribution is -2.32. The number of hydrogen-bond acceptors (Lipinski definition) is 4. The second kappa shape index (κ2) is 7.95. The molecule has 0 aromatic heterocycles. The van der Waals surface area contributed by atoms with Crippen molar-refractivity contribution in [1.82, 2.24) is 9.80 Å². The molecule has 1 aromatic rings. The highest BCUT2D eigenvalue weighted by molar-refractivity contribution is 5.58. The van der Waals surface area contributed by atoms with E-state index in [0.717, 1.165) is 26.2 Å². The van der Waals surface area contributed by atoms with Gasteiger partial charge in [-0.15, -0.1) is 0 Å². The first-order chi connectivity index (χ1) is 10.6. The van der Waals surface area contributed by atoms with Gasteiger partial charge in [-0.3, -0.25) is 4.90 Å². The minimum Gasteiger partial charge on any atom is -0.377 e. The maximum Gasteiger partial charge on any atom is 0.0478 e. The smallest absolute Gasteiger partial charge is 0.0478 e. The summed E-state index contributed by atoms with van der Waals surface area (Å²) in [5, 5.41) is 0. The van der Waals surface area contributed by atoms with Crippen molar-refractivity contribution in [3.63, 3.8) is 0 Å². The fourth-order valence-corrected chi connectivity index (χ4v) is 3.55. The van der Waals surface area contributed by atoms with E-state index < -0.39 is 0 Å². The molecule has 0 saturated heterocycles. The molecule has 1 aromatic carbocycles. The highest BCUT2D eigenvalue weighted by Gasteiger charge is 2.30. The summed E-state index contributed by atoms with van der Waals surface area (Å²) in [6.45, 7) is 10.8. The minimum absolute atomic E-state index is 0.381. The third kappa shape index (κ3) is 3.62. The summed E-state index contributed by atoms with van der Waals surface area (Å²) in [5.74, 6) is 0. The van der Waals surface area contributed by atoms with E-state index in [1.807, 2.05) is 0 Å². The molecule has 1 unspecified atom stereocenters. The number of nitrogens with zero attached hydrogens (tertiary/aromatic N) is 3. The second-order valence-electron chi connectivity index (χ2n) is 6.34. The van der Waals surface area contributed by atoms with Gasteiger partial charge in [0.15, 0.2) is 0 Å². The van der Waals surface area contributed by atoms with E-state index in [0.29, 0.717) is 12.6 Å². The van der Waals surface area contributed by atoms with Gasteiger partial charge in [-0.2, -0.15) is 0 Å². The number of hydrogen-bond donors (Lipinski definition) is 1. The molecule has 1 aliphatic rings. The summed E-state index contributed by atoms with van der Waals surface area (Å²) in [5.41, 5.74) is 10.3. The van der Waals surface area contributed by atoms with E-state index >= 15 is 0 Å². The van der Waals surface area contributed by atoms with Crippen molar-refractivity contribution in [2.45, 2.75) is 32.9 Å². The lowest BCUT2D eigenvalue weighted by molar-refractivity contribution is 0.199. The predicted octanol–water partition coefficient (Wildman–Crippen LogP) is 2.30. The lowest BCUT2D eigenvalue weighted by atomic mass is 10.0. The Bertz CT molecular complexity index is 468. The molecular formula is C18H32N4. The Morgan fingerprint density at radius 1 is 1.23 bits per heavy atom. The van der Waals surface area contributed by atoms with Gasteiger partial charge in [-0.25, -0.2) is 0 Å². The molecular weight excluding hydrogens is 272 g/mol. The van der Waals surface area contributed by atoms with Crippen LogP contribution in [0.2, 0.25) is 0 Å². The molecule has 0 radical (unpaired) electrons. The summed E-state index contributed by atoms with van der Waals surface area (Å²) in [4.78, 5) is 7.26. The summed E-state index contributed by atoms with van der Waals surface area (Å²) in [6.07, 6.45) is 1.21. The maximum absolute atomic E-state index is 6.08. The molecule has 0 saturated carbocycles. The highest BCUT2D eigenvalue weighted by atomic mass is 15.2. The van der Waals surface area contributed by atoms with Crippen molar-refractivity contribution in [3.8, 4) is 0 Å². The summed E-state index contributed by atoms with van der Waals surface area (Å²) < 4.78 is 0. The van der Waals surface area contributed by atoms with Gasteiger partial charge in [0.1, 0.15) is 0 Å². The Balaban J connectivity index is 2.04. The van der Waals surface area contributed by atoms with Crippen LogP contribution in [-0.2, 0) is 6.54 Å². The molecule has 124 valence electrons.